The van der Waals surface area contributed by atoms with Crippen LogP contribution in [-0.4, -0.2) is 65.4 Å². The number of sulfone groups is 1. The van der Waals surface area contributed by atoms with E-state index in [-0.39, 0.29) is 23.1 Å². The van der Waals surface area contributed by atoms with Gasteiger partial charge in [0.15, 0.2) is 9.84 Å². The number of aromatic nitrogens is 2. The smallest absolute Gasteiger partial charge is 0.410 e. The summed E-state index contributed by atoms with van der Waals surface area (Å²) >= 11 is 0. The number of carbonyl (C=O) groups excluding carboxylic acids is 1. The molecule has 1 saturated heterocycles. The zero-order valence-electron chi connectivity index (χ0n) is 18.6. The van der Waals surface area contributed by atoms with E-state index >= 15 is 0 Å². The summed E-state index contributed by atoms with van der Waals surface area (Å²) in [6, 6.07) is 5.70. The standard InChI is InChI=1S/C20H25N5O7S/c1-20(2,3)32-19(26)24-10-9-14(11-24)31-18-16(25(27)28)17(21-12-22-18)23-13-5-7-15(8-6-13)33(4,29)30/h5-8,12,14H,9-11H2,1-4H3,(H,21,22,23). The Morgan fingerprint density at radius 3 is 2.48 bits per heavy atom. The van der Waals surface area contributed by atoms with E-state index in [0.29, 0.717) is 18.7 Å². The molecular weight excluding hydrogens is 454 g/mol. The predicted octanol–water partition coefficient (Wildman–Crippen LogP) is 2.92. The third kappa shape index (κ3) is 6.28. The molecule has 1 atom stereocenters. The van der Waals surface area contributed by atoms with Crippen LogP contribution in [0.3, 0.4) is 0 Å². The molecular formula is C20H25N5O7S. The van der Waals surface area contributed by atoms with Crippen molar-refractivity contribution >= 4 is 33.1 Å². The molecule has 1 fully saturated rings. The Labute approximate surface area is 191 Å². The molecule has 1 aliphatic heterocycles. The van der Waals surface area contributed by atoms with Crippen molar-refractivity contribution in [2.45, 2.75) is 43.8 Å². The molecule has 2 aromatic rings. The molecule has 2 heterocycles. The average Bonchev–Trinajstić information content (AvgIpc) is 3.15. The minimum Gasteiger partial charge on any atom is -0.467 e. The second-order valence-electron chi connectivity index (χ2n) is 8.51. The number of rotatable bonds is 6. The van der Waals surface area contributed by atoms with Crippen LogP contribution in [0.15, 0.2) is 35.5 Å². The Balaban J connectivity index is 1.76. The molecule has 0 spiro atoms. The second-order valence-corrected chi connectivity index (χ2v) is 10.5. The fourth-order valence-electron chi connectivity index (χ4n) is 3.10. The van der Waals surface area contributed by atoms with Gasteiger partial charge in [-0.25, -0.2) is 18.2 Å². The molecule has 1 amide bonds. The molecule has 13 heteroatoms. The van der Waals surface area contributed by atoms with Gasteiger partial charge in [0.2, 0.25) is 5.82 Å². The third-order valence-electron chi connectivity index (χ3n) is 4.59. The maximum Gasteiger partial charge on any atom is 0.410 e. The molecule has 33 heavy (non-hydrogen) atoms. The molecule has 0 bridgehead atoms. The van der Waals surface area contributed by atoms with Crippen LogP contribution >= 0.6 is 0 Å². The summed E-state index contributed by atoms with van der Waals surface area (Å²) in [6.45, 7) is 5.88. The second kappa shape index (κ2) is 9.17. The molecule has 12 nitrogen and oxygen atoms in total. The van der Waals surface area contributed by atoms with Crippen molar-refractivity contribution in [1.29, 1.82) is 0 Å². The molecule has 1 aliphatic rings. The van der Waals surface area contributed by atoms with E-state index in [1.165, 1.54) is 29.2 Å². The molecule has 1 unspecified atom stereocenters. The van der Waals surface area contributed by atoms with Gasteiger partial charge in [-0.05, 0) is 45.0 Å². The Morgan fingerprint density at radius 2 is 1.91 bits per heavy atom. The van der Waals surface area contributed by atoms with Crippen LogP contribution in [-0.2, 0) is 14.6 Å². The van der Waals surface area contributed by atoms with Gasteiger partial charge in [0, 0.05) is 24.9 Å². The number of nitro groups is 1. The number of benzene rings is 1. The Hall–Kier alpha value is -3.48. The van der Waals surface area contributed by atoms with Gasteiger partial charge in [-0.1, -0.05) is 0 Å². The largest absolute Gasteiger partial charge is 0.467 e. The van der Waals surface area contributed by atoms with Crippen LogP contribution in [0.25, 0.3) is 0 Å². The zero-order valence-corrected chi connectivity index (χ0v) is 19.5. The molecule has 0 radical (unpaired) electrons. The van der Waals surface area contributed by atoms with Crippen LogP contribution in [0.5, 0.6) is 5.88 Å². The van der Waals surface area contributed by atoms with Crippen molar-refractivity contribution in [1.82, 2.24) is 14.9 Å². The Kier molecular flexibility index (Phi) is 6.72. The maximum absolute atomic E-state index is 12.2. The third-order valence-corrected chi connectivity index (χ3v) is 5.72. The number of amides is 1. The average molecular weight is 480 g/mol. The van der Waals surface area contributed by atoms with E-state index in [0.717, 1.165) is 12.6 Å². The molecule has 0 saturated carbocycles. The lowest BCUT2D eigenvalue weighted by Crippen LogP contribution is -2.36. The minimum absolute atomic E-state index is 0.112. The first-order valence-corrected chi connectivity index (χ1v) is 11.9. The highest BCUT2D eigenvalue weighted by Crippen LogP contribution is 2.34. The van der Waals surface area contributed by atoms with Gasteiger partial charge in [0.25, 0.3) is 5.88 Å². The van der Waals surface area contributed by atoms with E-state index < -0.39 is 38.2 Å². The number of nitrogens with one attached hydrogen (secondary N) is 1. The number of ether oxygens (including phenoxy) is 2. The molecule has 3 rings (SSSR count). The van der Waals surface area contributed by atoms with Crippen molar-refractivity contribution in [3.05, 3.63) is 40.7 Å². The lowest BCUT2D eigenvalue weighted by atomic mass is 10.2. The molecule has 1 N–H and O–H groups in total. The van der Waals surface area contributed by atoms with Crippen molar-refractivity contribution in [3.63, 3.8) is 0 Å². The Morgan fingerprint density at radius 1 is 1.24 bits per heavy atom. The van der Waals surface area contributed by atoms with Gasteiger partial charge < -0.3 is 19.7 Å². The lowest BCUT2D eigenvalue weighted by molar-refractivity contribution is -0.385. The normalized spacial score (nSPS) is 16.4. The number of anilines is 2. The quantitative estimate of drug-likeness (QED) is 0.483. The van der Waals surface area contributed by atoms with Crippen LogP contribution in [0, 0.1) is 10.1 Å². The first-order valence-electron chi connectivity index (χ1n) is 10.0. The summed E-state index contributed by atoms with van der Waals surface area (Å²) in [5.74, 6) is -0.347. The minimum atomic E-state index is -3.37. The highest BCUT2D eigenvalue weighted by atomic mass is 32.2. The summed E-state index contributed by atoms with van der Waals surface area (Å²) in [5, 5.41) is 14.6. The predicted molar refractivity (Wildman–Crippen MR) is 118 cm³/mol. The first kappa shape index (κ1) is 24.2. The SMILES string of the molecule is CC(C)(C)OC(=O)N1CCC(Oc2ncnc(Nc3ccc(S(C)(=O)=O)cc3)c2[N+](=O)[O-])C1. The van der Waals surface area contributed by atoms with Gasteiger partial charge in [-0.2, -0.15) is 4.98 Å². The van der Waals surface area contributed by atoms with Gasteiger partial charge in [-0.3, -0.25) is 10.1 Å². The van der Waals surface area contributed by atoms with E-state index in [1.807, 2.05) is 0 Å². The van der Waals surface area contributed by atoms with Crippen molar-refractivity contribution in [3.8, 4) is 5.88 Å². The van der Waals surface area contributed by atoms with Crippen LogP contribution in [0.1, 0.15) is 27.2 Å². The van der Waals surface area contributed by atoms with Gasteiger partial charge >= 0.3 is 11.8 Å². The molecule has 178 valence electrons. The topological polar surface area (TPSA) is 154 Å². The number of hydrogen-bond donors (Lipinski definition) is 1. The van der Waals surface area contributed by atoms with Gasteiger partial charge in [0.05, 0.1) is 16.4 Å². The number of hydrogen-bond acceptors (Lipinski definition) is 10. The highest BCUT2D eigenvalue weighted by Gasteiger charge is 2.34. The number of nitrogens with zero attached hydrogens (tertiary/aromatic N) is 4. The summed E-state index contributed by atoms with van der Waals surface area (Å²) in [6.07, 6.45) is 1.67. The van der Waals surface area contributed by atoms with Crippen LogP contribution in [0.4, 0.5) is 22.0 Å². The molecule has 1 aromatic carbocycles. The summed E-state index contributed by atoms with van der Waals surface area (Å²) in [5.41, 5.74) is -0.714. The first-order chi connectivity index (χ1) is 15.3. The highest BCUT2D eigenvalue weighted by molar-refractivity contribution is 7.90. The van der Waals surface area contributed by atoms with E-state index in [4.69, 9.17) is 9.47 Å². The summed E-state index contributed by atoms with van der Waals surface area (Å²) in [4.78, 5) is 32.8. The zero-order chi connectivity index (χ0) is 24.4. The summed E-state index contributed by atoms with van der Waals surface area (Å²) < 4.78 is 34.3. The van der Waals surface area contributed by atoms with Crippen LogP contribution in [0.2, 0.25) is 0 Å². The van der Waals surface area contributed by atoms with E-state index in [2.05, 4.69) is 15.3 Å². The monoisotopic (exact) mass is 479 g/mol. The van der Waals surface area contributed by atoms with Crippen molar-refractivity contribution in [2.24, 2.45) is 0 Å². The Bertz CT molecular complexity index is 1150. The van der Waals surface area contributed by atoms with Gasteiger partial charge in [0.1, 0.15) is 18.0 Å². The van der Waals surface area contributed by atoms with Gasteiger partial charge in [-0.15, -0.1) is 0 Å². The number of likely N-dealkylation sites (tertiary alicyclic amines) is 1. The van der Waals surface area contributed by atoms with E-state index in [9.17, 15) is 23.3 Å². The van der Waals surface area contributed by atoms with Crippen molar-refractivity contribution < 1.29 is 27.6 Å². The van der Waals surface area contributed by atoms with E-state index in [1.54, 1.807) is 20.8 Å². The lowest BCUT2D eigenvalue weighted by Gasteiger charge is -2.24. The van der Waals surface area contributed by atoms with Crippen molar-refractivity contribution in [2.75, 3.05) is 24.7 Å². The fourth-order valence-corrected chi connectivity index (χ4v) is 3.73. The van der Waals surface area contributed by atoms with Crippen LogP contribution < -0.4 is 10.1 Å². The maximum atomic E-state index is 12.2. The fraction of sp³-hybridized carbons (Fsp3) is 0.450. The number of carbonyl (C=O) groups is 1. The summed E-state index contributed by atoms with van der Waals surface area (Å²) in [7, 11) is -3.37. The molecule has 0 aliphatic carbocycles. The molecule has 1 aromatic heterocycles.